The molecule has 0 aliphatic carbocycles. The molecule has 0 atom stereocenters. The van der Waals surface area contributed by atoms with E-state index in [4.69, 9.17) is 0 Å². The summed E-state index contributed by atoms with van der Waals surface area (Å²) in [7, 11) is 0. The Kier molecular flexibility index (Phi) is 15.6. The zero-order valence-electron chi connectivity index (χ0n) is 6.37. The van der Waals surface area contributed by atoms with Crippen molar-refractivity contribution in [3.8, 4) is 0 Å². The Morgan fingerprint density at radius 2 is 1.17 bits per heavy atom. The number of carbonyl (C=O) groups excluding carboxylic acids is 2. The van der Waals surface area contributed by atoms with Crippen molar-refractivity contribution in [2.24, 2.45) is 0 Å². The third kappa shape index (κ3) is 16.3. The summed E-state index contributed by atoms with van der Waals surface area (Å²) in [6.45, 7) is 0. The quantitative estimate of drug-likeness (QED) is 0.381. The maximum Gasteiger partial charge on any atom is 4.00 e. The molecule has 0 N–H and O–H groups in total. The minimum absolute atomic E-state index is 0. The van der Waals surface area contributed by atoms with Gasteiger partial charge in [-0.15, -0.1) is 0 Å². The van der Waals surface area contributed by atoms with Crippen LogP contribution in [0.1, 0.15) is 25.7 Å². The number of unbranched alkanes of at least 4 members (excludes halogenated alkanes) is 1. The van der Waals surface area contributed by atoms with E-state index in [-0.39, 0.29) is 40.0 Å². The van der Waals surface area contributed by atoms with Crippen LogP contribution in [0.4, 0.5) is 0 Å². The number of carboxylic acids is 2. The predicted molar refractivity (Wildman–Crippen MR) is 29.2 cm³/mol. The molecule has 0 aromatic heterocycles. The molecule has 0 saturated carbocycles. The molecule has 0 heterocycles. The van der Waals surface area contributed by atoms with E-state index in [0.717, 1.165) is 0 Å². The molecule has 5 nitrogen and oxygen atoms in total. The van der Waals surface area contributed by atoms with Crippen molar-refractivity contribution in [1.29, 1.82) is 0 Å². The molecule has 0 fully saturated rings. The second-order valence-electron chi connectivity index (χ2n) is 1.95. The smallest absolute Gasteiger partial charge is 2.00 e. The summed E-state index contributed by atoms with van der Waals surface area (Å²) in [5.41, 5.74) is 0. The van der Waals surface area contributed by atoms with Crippen LogP contribution in [0.2, 0.25) is 0 Å². The van der Waals surface area contributed by atoms with Crippen LogP contribution in [0, 0.1) is 0 Å². The molecule has 0 amide bonds. The van der Waals surface area contributed by atoms with Crippen molar-refractivity contribution in [1.82, 2.24) is 0 Å². The largest absolute Gasteiger partial charge is 4.00 e. The van der Waals surface area contributed by atoms with Crippen molar-refractivity contribution < 1.29 is 47.0 Å². The maximum absolute atomic E-state index is 9.77. The predicted octanol–water partition coefficient (Wildman–Crippen LogP) is -2.07. The summed E-state index contributed by atoms with van der Waals surface area (Å²) in [5.74, 6) is -2.28. The van der Waals surface area contributed by atoms with Crippen LogP contribution in [0.5, 0.6) is 0 Å². The van der Waals surface area contributed by atoms with Crippen LogP contribution < -0.4 is 10.2 Å². The molecule has 0 aromatic carbocycles. The molecule has 0 aromatic rings. The molecule has 0 aliphatic rings. The molecule has 12 heavy (non-hydrogen) atoms. The number of carbonyl (C=O) groups is 2. The summed E-state index contributed by atoms with van der Waals surface area (Å²) >= 11 is 0. The van der Waals surface area contributed by atoms with E-state index in [1.54, 1.807) is 0 Å². The van der Waals surface area contributed by atoms with Gasteiger partial charge in [-0.1, -0.05) is 0 Å². The molecule has 0 saturated heterocycles. The minimum Gasteiger partial charge on any atom is -2.00 e. The summed E-state index contributed by atoms with van der Waals surface area (Å²) in [4.78, 5) is 19.5. The van der Waals surface area contributed by atoms with E-state index in [1.165, 1.54) is 0 Å². The fraction of sp³-hybridized carbons (Fsp3) is 0.667. The van der Waals surface area contributed by atoms with Crippen LogP contribution in [-0.2, 0) is 36.8 Å². The topological polar surface area (TPSA) is 109 Å². The maximum atomic E-state index is 9.77. The molecular formula is C6H8O5Ti. The van der Waals surface area contributed by atoms with Crippen molar-refractivity contribution in [2.75, 3.05) is 0 Å². The first kappa shape index (κ1) is 17.6. The Morgan fingerprint density at radius 3 is 1.33 bits per heavy atom. The van der Waals surface area contributed by atoms with Crippen molar-refractivity contribution in [2.45, 2.75) is 25.7 Å². The molecule has 6 heteroatoms. The van der Waals surface area contributed by atoms with Gasteiger partial charge in [-0.2, -0.15) is 0 Å². The number of aliphatic carboxylic acids is 2. The Bertz CT molecular complexity index is 120. The van der Waals surface area contributed by atoms with E-state index in [2.05, 4.69) is 0 Å². The molecular weight excluding hydrogens is 200 g/mol. The molecule has 0 aliphatic heterocycles. The van der Waals surface area contributed by atoms with Gasteiger partial charge in [-0.05, 0) is 25.7 Å². The van der Waals surface area contributed by atoms with E-state index in [1.807, 2.05) is 0 Å². The van der Waals surface area contributed by atoms with Crippen LogP contribution >= 0.6 is 0 Å². The number of hydrogen-bond donors (Lipinski definition) is 0. The third-order valence-electron chi connectivity index (χ3n) is 1.01. The fourth-order valence-corrected chi connectivity index (χ4v) is 0.539. The summed E-state index contributed by atoms with van der Waals surface area (Å²) in [5, 5.41) is 19.5. The standard InChI is InChI=1S/C6H10O4.O.Ti/c7-5(8)3-1-2-4-6(9)10;;/h1-4H2,(H,7,8)(H,9,10);;/q;-2;+4/p-2. The molecule has 0 rings (SSSR count). The van der Waals surface area contributed by atoms with Gasteiger partial charge in [-0.3, -0.25) is 0 Å². The van der Waals surface area contributed by atoms with E-state index in [0.29, 0.717) is 12.8 Å². The summed E-state index contributed by atoms with van der Waals surface area (Å²) in [6, 6.07) is 0. The van der Waals surface area contributed by atoms with Gasteiger partial charge >= 0.3 is 21.7 Å². The van der Waals surface area contributed by atoms with Gasteiger partial charge in [0.25, 0.3) is 0 Å². The molecule has 0 unspecified atom stereocenters. The average Bonchev–Trinajstić information content (AvgIpc) is 1.79. The molecule has 66 valence electrons. The van der Waals surface area contributed by atoms with Crippen molar-refractivity contribution in [3.05, 3.63) is 0 Å². The second kappa shape index (κ2) is 10.6. The van der Waals surface area contributed by atoms with E-state index < -0.39 is 11.9 Å². The van der Waals surface area contributed by atoms with E-state index >= 15 is 0 Å². The third-order valence-corrected chi connectivity index (χ3v) is 1.01. The average molecular weight is 208 g/mol. The summed E-state index contributed by atoms with van der Waals surface area (Å²) in [6.07, 6.45) is 0.535. The SMILES string of the molecule is O=C([O-])CCCCC(=O)[O-].[O-2].[Ti+4]. The number of rotatable bonds is 5. The Morgan fingerprint density at radius 1 is 0.917 bits per heavy atom. The Balaban J connectivity index is -0.000000405. The van der Waals surface area contributed by atoms with Gasteiger partial charge < -0.3 is 25.3 Å². The first-order chi connectivity index (χ1) is 4.63. The Hall–Kier alpha value is -0.386. The van der Waals surface area contributed by atoms with Crippen molar-refractivity contribution in [3.63, 3.8) is 0 Å². The Labute approximate surface area is 85.0 Å². The van der Waals surface area contributed by atoms with Crippen LogP contribution in [-0.4, -0.2) is 11.9 Å². The molecule has 0 bridgehead atoms. The fourth-order valence-electron chi connectivity index (χ4n) is 0.539. The van der Waals surface area contributed by atoms with Crippen LogP contribution in [0.3, 0.4) is 0 Å². The van der Waals surface area contributed by atoms with Gasteiger partial charge in [0, 0.05) is 11.9 Å². The first-order valence-electron chi connectivity index (χ1n) is 3.02. The number of hydrogen-bond acceptors (Lipinski definition) is 4. The second-order valence-corrected chi connectivity index (χ2v) is 1.95. The van der Waals surface area contributed by atoms with Gasteiger partial charge in [0.2, 0.25) is 0 Å². The molecule has 0 radical (unpaired) electrons. The summed E-state index contributed by atoms with van der Waals surface area (Å²) < 4.78 is 0. The van der Waals surface area contributed by atoms with E-state index in [9.17, 15) is 19.8 Å². The van der Waals surface area contributed by atoms with Gasteiger partial charge in [-0.25, -0.2) is 0 Å². The zero-order valence-corrected chi connectivity index (χ0v) is 7.93. The normalized spacial score (nSPS) is 7.67. The van der Waals surface area contributed by atoms with Gasteiger partial charge in [0.15, 0.2) is 0 Å². The molecule has 0 spiro atoms. The van der Waals surface area contributed by atoms with Crippen molar-refractivity contribution >= 4 is 11.9 Å². The minimum atomic E-state index is -1.14. The van der Waals surface area contributed by atoms with Gasteiger partial charge in [0.1, 0.15) is 0 Å². The van der Waals surface area contributed by atoms with Crippen LogP contribution in [0.25, 0.3) is 0 Å². The first-order valence-corrected chi connectivity index (χ1v) is 3.02. The number of carboxylic acid groups (broad SMARTS) is 2. The van der Waals surface area contributed by atoms with Gasteiger partial charge in [0.05, 0.1) is 0 Å². The monoisotopic (exact) mass is 208 g/mol. The zero-order chi connectivity index (χ0) is 7.98. The van der Waals surface area contributed by atoms with Crippen LogP contribution in [0.15, 0.2) is 0 Å².